The largest absolute Gasteiger partial charge is 0.493 e. The highest BCUT2D eigenvalue weighted by Crippen LogP contribution is 2.25. The van der Waals surface area contributed by atoms with E-state index in [2.05, 4.69) is 39.0 Å². The quantitative estimate of drug-likeness (QED) is 0.230. The molecule has 164 valence electrons. The van der Waals surface area contributed by atoms with Crippen molar-refractivity contribution in [3.05, 3.63) is 59.2 Å². The molecule has 0 saturated carbocycles. The predicted molar refractivity (Wildman–Crippen MR) is 125 cm³/mol. The first-order valence-corrected chi connectivity index (χ1v) is 11.7. The molecule has 2 aromatic rings. The summed E-state index contributed by atoms with van der Waals surface area (Å²) in [6, 6.07) is 14.0. The maximum atomic E-state index is 13.0. The smallest absolute Gasteiger partial charge is 0.166 e. The van der Waals surface area contributed by atoms with Crippen molar-refractivity contribution < 1.29 is 14.3 Å². The standard InChI is InChI=1S/C27H38O3/c1-4-7-11-19-29-26-18-15-22(6-3)21-23(26)16-17-25(28)24-13-9-10-14-27(24)30-20-12-8-5-2/h9-10,13-15,18,21H,4-8,11-12,16-17,19-20H2,1-3H3. The maximum Gasteiger partial charge on any atom is 0.166 e. The van der Waals surface area contributed by atoms with Gasteiger partial charge in [0, 0.05) is 6.42 Å². The number of rotatable bonds is 15. The van der Waals surface area contributed by atoms with Gasteiger partial charge in [-0.05, 0) is 55.0 Å². The number of benzene rings is 2. The second-order valence-corrected chi connectivity index (χ2v) is 7.83. The van der Waals surface area contributed by atoms with Crippen molar-refractivity contribution >= 4 is 5.78 Å². The number of ketones is 1. The summed E-state index contributed by atoms with van der Waals surface area (Å²) in [6.07, 6.45) is 8.85. The lowest BCUT2D eigenvalue weighted by Gasteiger charge is -2.14. The molecule has 0 aliphatic rings. The van der Waals surface area contributed by atoms with Crippen LogP contribution in [0, 0.1) is 0 Å². The fraction of sp³-hybridized carbons (Fsp3) is 0.519. The van der Waals surface area contributed by atoms with Crippen LogP contribution in [0.5, 0.6) is 11.5 Å². The molecule has 0 aliphatic heterocycles. The second kappa shape index (κ2) is 13.8. The molecule has 0 spiro atoms. The Bertz CT molecular complexity index is 766. The number of Topliss-reactive ketones (excluding diaryl/α,β-unsaturated/α-hetero) is 1. The van der Waals surface area contributed by atoms with E-state index in [1.165, 1.54) is 18.4 Å². The van der Waals surface area contributed by atoms with E-state index in [1.54, 1.807) is 0 Å². The average Bonchev–Trinajstić information content (AvgIpc) is 2.78. The van der Waals surface area contributed by atoms with Crippen LogP contribution in [-0.2, 0) is 12.8 Å². The number of carbonyl (C=O) groups excluding carboxylic acids is 1. The van der Waals surface area contributed by atoms with Crippen molar-refractivity contribution in [3.8, 4) is 11.5 Å². The van der Waals surface area contributed by atoms with E-state index < -0.39 is 0 Å². The molecule has 0 N–H and O–H groups in total. The van der Waals surface area contributed by atoms with E-state index in [-0.39, 0.29) is 5.78 Å². The first kappa shape index (κ1) is 24.0. The molecular formula is C27H38O3. The maximum absolute atomic E-state index is 13.0. The van der Waals surface area contributed by atoms with E-state index in [1.807, 2.05) is 24.3 Å². The molecule has 0 bridgehead atoms. The van der Waals surface area contributed by atoms with Crippen LogP contribution < -0.4 is 9.47 Å². The van der Waals surface area contributed by atoms with Gasteiger partial charge in [0.25, 0.3) is 0 Å². The SMILES string of the molecule is CCCCCOc1ccc(CC)cc1CCC(=O)c1ccccc1OCCCCC. The molecule has 30 heavy (non-hydrogen) atoms. The first-order valence-electron chi connectivity index (χ1n) is 11.7. The third-order valence-corrected chi connectivity index (χ3v) is 5.35. The third-order valence-electron chi connectivity index (χ3n) is 5.35. The van der Waals surface area contributed by atoms with Gasteiger partial charge in [0.1, 0.15) is 11.5 Å². The molecule has 3 heteroatoms. The molecule has 0 amide bonds. The third kappa shape index (κ3) is 7.85. The van der Waals surface area contributed by atoms with Gasteiger partial charge in [0.05, 0.1) is 18.8 Å². The highest BCUT2D eigenvalue weighted by molar-refractivity contribution is 5.98. The van der Waals surface area contributed by atoms with Crippen molar-refractivity contribution in [2.45, 2.75) is 78.6 Å². The monoisotopic (exact) mass is 410 g/mol. The average molecular weight is 411 g/mol. The molecule has 0 unspecified atom stereocenters. The van der Waals surface area contributed by atoms with Gasteiger partial charge in [-0.25, -0.2) is 0 Å². The number of hydrogen-bond acceptors (Lipinski definition) is 3. The molecule has 2 aromatic carbocycles. The van der Waals surface area contributed by atoms with Crippen LogP contribution in [0.4, 0.5) is 0 Å². The zero-order valence-electron chi connectivity index (χ0n) is 19.0. The van der Waals surface area contributed by atoms with Gasteiger partial charge in [-0.15, -0.1) is 0 Å². The Kier molecular flexibility index (Phi) is 11.1. The topological polar surface area (TPSA) is 35.5 Å². The van der Waals surface area contributed by atoms with Crippen LogP contribution in [0.25, 0.3) is 0 Å². The molecule has 0 fully saturated rings. The van der Waals surface area contributed by atoms with Gasteiger partial charge in [0.15, 0.2) is 5.78 Å². The fourth-order valence-electron chi connectivity index (χ4n) is 3.46. The van der Waals surface area contributed by atoms with Gasteiger partial charge in [-0.1, -0.05) is 70.7 Å². The first-order chi connectivity index (χ1) is 14.7. The lowest BCUT2D eigenvalue weighted by atomic mass is 9.99. The second-order valence-electron chi connectivity index (χ2n) is 7.83. The molecule has 0 saturated heterocycles. The van der Waals surface area contributed by atoms with E-state index in [0.717, 1.165) is 50.0 Å². The van der Waals surface area contributed by atoms with Gasteiger partial charge in [0.2, 0.25) is 0 Å². The summed E-state index contributed by atoms with van der Waals surface area (Å²) in [7, 11) is 0. The van der Waals surface area contributed by atoms with E-state index in [4.69, 9.17) is 9.47 Å². The Morgan fingerprint density at radius 2 is 1.47 bits per heavy atom. The molecule has 0 radical (unpaired) electrons. The summed E-state index contributed by atoms with van der Waals surface area (Å²) >= 11 is 0. The lowest BCUT2D eigenvalue weighted by molar-refractivity contribution is 0.0978. The normalized spacial score (nSPS) is 10.8. The molecule has 0 aromatic heterocycles. The lowest BCUT2D eigenvalue weighted by Crippen LogP contribution is -2.07. The number of aryl methyl sites for hydroxylation is 2. The number of ether oxygens (including phenoxy) is 2. The Balaban J connectivity index is 2.03. The zero-order valence-corrected chi connectivity index (χ0v) is 19.0. The fourth-order valence-corrected chi connectivity index (χ4v) is 3.46. The molecule has 0 atom stereocenters. The molecular weight excluding hydrogens is 372 g/mol. The summed E-state index contributed by atoms with van der Waals surface area (Å²) in [5.41, 5.74) is 3.09. The van der Waals surface area contributed by atoms with E-state index in [9.17, 15) is 4.79 Å². The van der Waals surface area contributed by atoms with Crippen molar-refractivity contribution in [2.75, 3.05) is 13.2 Å². The summed E-state index contributed by atoms with van der Waals surface area (Å²) < 4.78 is 11.9. The van der Waals surface area contributed by atoms with Gasteiger partial charge in [-0.2, -0.15) is 0 Å². The molecule has 0 aliphatic carbocycles. The Hall–Kier alpha value is -2.29. The molecule has 0 heterocycles. The van der Waals surface area contributed by atoms with Crippen LogP contribution in [-0.4, -0.2) is 19.0 Å². The molecule has 2 rings (SSSR count). The number of para-hydroxylation sites is 1. The zero-order chi connectivity index (χ0) is 21.6. The Labute approximate surface area is 182 Å². The number of hydrogen-bond donors (Lipinski definition) is 0. The minimum atomic E-state index is 0.125. The van der Waals surface area contributed by atoms with Crippen LogP contribution in [0.15, 0.2) is 42.5 Å². The minimum absolute atomic E-state index is 0.125. The number of unbranched alkanes of at least 4 members (excludes halogenated alkanes) is 4. The number of carbonyl (C=O) groups is 1. The van der Waals surface area contributed by atoms with Crippen molar-refractivity contribution in [1.29, 1.82) is 0 Å². The predicted octanol–water partition coefficient (Wildman–Crippen LogP) is 7.20. The minimum Gasteiger partial charge on any atom is -0.493 e. The van der Waals surface area contributed by atoms with Gasteiger partial charge >= 0.3 is 0 Å². The van der Waals surface area contributed by atoms with Gasteiger partial charge < -0.3 is 9.47 Å². The van der Waals surface area contributed by atoms with Crippen LogP contribution in [0.2, 0.25) is 0 Å². The van der Waals surface area contributed by atoms with Gasteiger partial charge in [-0.3, -0.25) is 4.79 Å². The molecule has 3 nitrogen and oxygen atoms in total. The van der Waals surface area contributed by atoms with Crippen LogP contribution in [0.3, 0.4) is 0 Å². The highest BCUT2D eigenvalue weighted by atomic mass is 16.5. The summed E-state index contributed by atoms with van der Waals surface area (Å²) in [5, 5.41) is 0. The van der Waals surface area contributed by atoms with Crippen molar-refractivity contribution in [2.24, 2.45) is 0 Å². The van der Waals surface area contributed by atoms with Crippen molar-refractivity contribution in [3.63, 3.8) is 0 Å². The van der Waals surface area contributed by atoms with Crippen molar-refractivity contribution in [1.82, 2.24) is 0 Å². The highest BCUT2D eigenvalue weighted by Gasteiger charge is 2.14. The van der Waals surface area contributed by atoms with E-state index >= 15 is 0 Å². The summed E-state index contributed by atoms with van der Waals surface area (Å²) in [6.45, 7) is 7.91. The Morgan fingerprint density at radius 1 is 0.800 bits per heavy atom. The van der Waals surface area contributed by atoms with Crippen LogP contribution in [0.1, 0.15) is 87.2 Å². The Morgan fingerprint density at radius 3 is 2.13 bits per heavy atom. The summed E-state index contributed by atoms with van der Waals surface area (Å²) in [4.78, 5) is 13.0. The van der Waals surface area contributed by atoms with Crippen LogP contribution >= 0.6 is 0 Å². The summed E-state index contributed by atoms with van der Waals surface area (Å²) in [5.74, 6) is 1.75. The van der Waals surface area contributed by atoms with E-state index in [0.29, 0.717) is 30.8 Å².